The minimum atomic E-state index is -4.05. The van der Waals surface area contributed by atoms with Gasteiger partial charge in [-0.25, -0.2) is 8.78 Å². The summed E-state index contributed by atoms with van der Waals surface area (Å²) in [6.07, 6.45) is 0.291. The molecule has 0 nitrogen and oxygen atoms in total. The Morgan fingerprint density at radius 2 is 1.65 bits per heavy atom. The number of unbranched alkanes of at least 4 members (excludes halogenated alkanes) is 2. The van der Waals surface area contributed by atoms with E-state index in [2.05, 4.69) is 6.92 Å². The minimum absolute atomic E-state index is 0.619. The summed E-state index contributed by atoms with van der Waals surface area (Å²) in [7, 11) is 0. The van der Waals surface area contributed by atoms with Crippen molar-refractivity contribution in [2.75, 3.05) is 0 Å². The number of aryl methyl sites for hydroxylation is 1. The van der Waals surface area contributed by atoms with Crippen molar-refractivity contribution in [1.29, 1.82) is 0 Å². The van der Waals surface area contributed by atoms with Crippen LogP contribution < -0.4 is 0 Å². The second kappa shape index (κ2) is 6.03. The lowest BCUT2D eigenvalue weighted by Crippen LogP contribution is -2.23. The molecular formula is C13H16F4. The largest absolute Gasteiger partial charge is 0.332 e. The fourth-order valence-corrected chi connectivity index (χ4v) is 1.60. The van der Waals surface area contributed by atoms with Crippen molar-refractivity contribution in [2.45, 2.75) is 45.0 Å². The zero-order valence-electron chi connectivity index (χ0n) is 9.73. The Labute approximate surface area is 98.6 Å². The molecule has 96 valence electrons. The number of hydrogen-bond acceptors (Lipinski definition) is 0. The van der Waals surface area contributed by atoms with E-state index in [1.807, 2.05) is 0 Å². The Morgan fingerprint density at radius 3 is 2.12 bits per heavy atom. The van der Waals surface area contributed by atoms with Crippen molar-refractivity contribution in [1.82, 2.24) is 0 Å². The third kappa shape index (κ3) is 3.72. The van der Waals surface area contributed by atoms with E-state index in [0.29, 0.717) is 0 Å². The summed E-state index contributed by atoms with van der Waals surface area (Å²) < 4.78 is 50.1. The molecular weight excluding hydrogens is 232 g/mol. The van der Waals surface area contributed by atoms with Crippen LogP contribution >= 0.6 is 0 Å². The van der Waals surface area contributed by atoms with E-state index in [9.17, 15) is 17.6 Å². The number of hydrogen-bond donors (Lipinski definition) is 0. The number of halogens is 4. The molecule has 0 aromatic heterocycles. The topological polar surface area (TPSA) is 0 Å². The molecule has 1 aromatic carbocycles. The zero-order chi connectivity index (χ0) is 12.9. The molecule has 0 unspecified atom stereocenters. The first-order valence-electron chi connectivity index (χ1n) is 5.74. The first-order valence-corrected chi connectivity index (χ1v) is 5.74. The summed E-state index contributed by atoms with van der Waals surface area (Å²) in [5.41, 5.74) is 0.291. The van der Waals surface area contributed by atoms with E-state index in [0.717, 1.165) is 43.4 Å². The lowest BCUT2D eigenvalue weighted by atomic mass is 10.0. The van der Waals surface area contributed by atoms with E-state index >= 15 is 0 Å². The molecule has 0 radical (unpaired) electrons. The van der Waals surface area contributed by atoms with Gasteiger partial charge in [0, 0.05) is 5.56 Å². The fourth-order valence-electron chi connectivity index (χ4n) is 1.60. The third-order valence-corrected chi connectivity index (χ3v) is 2.68. The maximum absolute atomic E-state index is 13.0. The molecule has 0 saturated heterocycles. The molecule has 0 heterocycles. The summed E-state index contributed by atoms with van der Waals surface area (Å²) in [6.45, 7) is 2.08. The van der Waals surface area contributed by atoms with Crippen LogP contribution in [0.2, 0.25) is 0 Å². The van der Waals surface area contributed by atoms with Gasteiger partial charge >= 0.3 is 12.3 Å². The van der Waals surface area contributed by atoms with Crippen LogP contribution in [-0.2, 0) is 12.3 Å². The lowest BCUT2D eigenvalue weighted by Gasteiger charge is -2.15. The predicted molar refractivity (Wildman–Crippen MR) is 59.6 cm³/mol. The molecule has 0 fully saturated rings. The van der Waals surface area contributed by atoms with Crippen LogP contribution in [0.4, 0.5) is 17.6 Å². The van der Waals surface area contributed by atoms with E-state index in [1.54, 1.807) is 0 Å². The van der Waals surface area contributed by atoms with Gasteiger partial charge in [0.1, 0.15) is 0 Å². The fraction of sp³-hybridized carbons (Fsp3) is 0.538. The second-order valence-electron chi connectivity index (χ2n) is 4.08. The molecule has 4 heteroatoms. The van der Waals surface area contributed by atoms with Crippen LogP contribution in [0, 0.1) is 0 Å². The molecule has 0 atom stereocenters. The molecule has 0 aliphatic carbocycles. The summed E-state index contributed by atoms with van der Waals surface area (Å²) in [4.78, 5) is 0. The molecule has 0 N–H and O–H groups in total. The Hall–Kier alpha value is -1.06. The molecule has 0 saturated carbocycles. The van der Waals surface area contributed by atoms with Gasteiger partial charge in [-0.2, -0.15) is 8.78 Å². The number of rotatable bonds is 6. The highest BCUT2D eigenvalue weighted by molar-refractivity contribution is 5.26. The number of benzene rings is 1. The van der Waals surface area contributed by atoms with E-state index < -0.39 is 17.9 Å². The quantitative estimate of drug-likeness (QED) is 0.502. The molecule has 17 heavy (non-hydrogen) atoms. The smallest absolute Gasteiger partial charge is 0.203 e. The van der Waals surface area contributed by atoms with E-state index in [-0.39, 0.29) is 0 Å². The second-order valence-corrected chi connectivity index (χ2v) is 4.08. The zero-order valence-corrected chi connectivity index (χ0v) is 9.73. The van der Waals surface area contributed by atoms with Crippen LogP contribution in [0.25, 0.3) is 0 Å². The van der Waals surface area contributed by atoms with Crippen molar-refractivity contribution in [2.24, 2.45) is 0 Å². The third-order valence-electron chi connectivity index (χ3n) is 2.68. The SMILES string of the molecule is CCCCCc1ccc(C(F)(F)C(F)F)cc1. The Balaban J connectivity index is 2.68. The van der Waals surface area contributed by atoms with Gasteiger partial charge in [-0.05, 0) is 18.4 Å². The van der Waals surface area contributed by atoms with Crippen LogP contribution in [-0.4, -0.2) is 6.43 Å². The lowest BCUT2D eigenvalue weighted by molar-refractivity contribution is -0.135. The highest BCUT2D eigenvalue weighted by Crippen LogP contribution is 2.34. The van der Waals surface area contributed by atoms with Crippen molar-refractivity contribution in [3.63, 3.8) is 0 Å². The maximum Gasteiger partial charge on any atom is 0.332 e. The molecule has 0 spiro atoms. The van der Waals surface area contributed by atoms with Crippen LogP contribution in [0.3, 0.4) is 0 Å². The van der Waals surface area contributed by atoms with Gasteiger partial charge in [0.25, 0.3) is 0 Å². The van der Waals surface area contributed by atoms with Crippen LogP contribution in [0.15, 0.2) is 24.3 Å². The molecule has 1 rings (SSSR count). The highest BCUT2D eigenvalue weighted by atomic mass is 19.3. The summed E-state index contributed by atoms with van der Waals surface area (Å²) in [5, 5.41) is 0. The first-order chi connectivity index (χ1) is 7.98. The van der Waals surface area contributed by atoms with Crippen molar-refractivity contribution >= 4 is 0 Å². The van der Waals surface area contributed by atoms with Gasteiger partial charge < -0.3 is 0 Å². The molecule has 0 amide bonds. The number of alkyl halides is 4. The van der Waals surface area contributed by atoms with Crippen molar-refractivity contribution < 1.29 is 17.6 Å². The standard InChI is InChI=1S/C13H16F4/c1-2-3-4-5-10-6-8-11(9-7-10)13(16,17)12(14)15/h6-9,12H,2-5H2,1H3. The van der Waals surface area contributed by atoms with Gasteiger partial charge in [-0.3, -0.25) is 0 Å². The monoisotopic (exact) mass is 248 g/mol. The maximum atomic E-state index is 13.0. The molecule has 0 aliphatic rings. The van der Waals surface area contributed by atoms with Crippen molar-refractivity contribution in [3.8, 4) is 0 Å². The van der Waals surface area contributed by atoms with Crippen LogP contribution in [0.1, 0.15) is 37.3 Å². The van der Waals surface area contributed by atoms with Gasteiger partial charge in [0.15, 0.2) is 0 Å². The predicted octanol–water partition coefficient (Wildman–Crippen LogP) is 4.78. The summed E-state index contributed by atoms with van der Waals surface area (Å²) in [6, 6.07) is 5.18. The molecule has 1 aromatic rings. The minimum Gasteiger partial charge on any atom is -0.203 e. The molecule has 0 bridgehead atoms. The summed E-state index contributed by atoms with van der Waals surface area (Å²) in [5.74, 6) is -4.05. The van der Waals surface area contributed by atoms with Gasteiger partial charge in [0.2, 0.25) is 0 Å². The van der Waals surface area contributed by atoms with E-state index in [1.165, 1.54) is 12.1 Å². The van der Waals surface area contributed by atoms with Gasteiger partial charge in [0.05, 0.1) is 0 Å². The van der Waals surface area contributed by atoms with Crippen molar-refractivity contribution in [3.05, 3.63) is 35.4 Å². The Morgan fingerprint density at radius 1 is 1.06 bits per heavy atom. The molecule has 0 aliphatic heterocycles. The Bertz CT molecular complexity index is 330. The Kier molecular flexibility index (Phi) is 4.97. The average molecular weight is 248 g/mol. The first kappa shape index (κ1) is 14.0. The van der Waals surface area contributed by atoms with Gasteiger partial charge in [-0.15, -0.1) is 0 Å². The van der Waals surface area contributed by atoms with Gasteiger partial charge in [-0.1, -0.05) is 44.0 Å². The van der Waals surface area contributed by atoms with E-state index in [4.69, 9.17) is 0 Å². The van der Waals surface area contributed by atoms with Crippen LogP contribution in [0.5, 0.6) is 0 Å². The normalized spacial score (nSPS) is 12.1. The summed E-state index contributed by atoms with van der Waals surface area (Å²) >= 11 is 0. The highest BCUT2D eigenvalue weighted by Gasteiger charge is 2.42. The average Bonchev–Trinajstić information content (AvgIpc) is 2.30.